The second-order valence-corrected chi connectivity index (χ2v) is 9.66. The first-order chi connectivity index (χ1) is 11.9. The average molecular weight is 406 g/mol. The van der Waals surface area contributed by atoms with Gasteiger partial charge in [0.05, 0.1) is 24.0 Å². The summed E-state index contributed by atoms with van der Waals surface area (Å²) < 4.78 is 29.4. The van der Waals surface area contributed by atoms with Crippen LogP contribution in [-0.4, -0.2) is 56.0 Å². The van der Waals surface area contributed by atoms with E-state index in [1.54, 1.807) is 23.1 Å². The van der Waals surface area contributed by atoms with Crippen molar-refractivity contribution in [2.45, 2.75) is 37.8 Å². The van der Waals surface area contributed by atoms with Gasteiger partial charge in [0.2, 0.25) is 5.91 Å². The summed E-state index contributed by atoms with van der Waals surface area (Å²) in [5, 5.41) is 0.883. The smallest absolute Gasteiger partial charge is 0.227 e. The second-order valence-electron chi connectivity index (χ2n) is 6.61. The number of nitrogens with zero attached hydrogens (tertiary/aromatic N) is 1. The average Bonchev–Trinajstić information content (AvgIpc) is 3.17. The normalized spacial score (nSPS) is 25.2. The molecule has 1 aromatic carbocycles. The highest BCUT2D eigenvalue weighted by atomic mass is 35.5. The van der Waals surface area contributed by atoms with Crippen LogP contribution in [0.5, 0.6) is 0 Å². The zero-order valence-corrected chi connectivity index (χ0v) is 16.1. The number of amides is 1. The van der Waals surface area contributed by atoms with E-state index in [2.05, 4.69) is 0 Å². The molecule has 1 aromatic rings. The minimum atomic E-state index is -3.08. The summed E-state index contributed by atoms with van der Waals surface area (Å²) in [6.07, 6.45) is 2.34. The van der Waals surface area contributed by atoms with Gasteiger partial charge in [0.15, 0.2) is 9.84 Å². The minimum absolute atomic E-state index is 0.0156. The third kappa shape index (κ3) is 4.67. The molecule has 0 radical (unpaired) electrons. The Kier molecular flexibility index (Phi) is 5.93. The van der Waals surface area contributed by atoms with E-state index in [4.69, 9.17) is 27.9 Å². The van der Waals surface area contributed by atoms with Gasteiger partial charge >= 0.3 is 0 Å². The van der Waals surface area contributed by atoms with Crippen molar-refractivity contribution in [1.29, 1.82) is 0 Å². The molecule has 0 N–H and O–H groups in total. The number of hydrogen-bond donors (Lipinski definition) is 0. The van der Waals surface area contributed by atoms with Crippen LogP contribution >= 0.6 is 23.2 Å². The fourth-order valence-electron chi connectivity index (χ4n) is 3.44. The molecule has 2 aliphatic heterocycles. The fourth-order valence-corrected chi connectivity index (χ4v) is 5.70. The maximum Gasteiger partial charge on any atom is 0.227 e. The van der Waals surface area contributed by atoms with E-state index >= 15 is 0 Å². The van der Waals surface area contributed by atoms with E-state index in [9.17, 15) is 13.2 Å². The molecular formula is C17H21Cl2NO4S. The van der Waals surface area contributed by atoms with Crippen LogP contribution in [0.3, 0.4) is 0 Å². The Balaban J connectivity index is 1.79. The van der Waals surface area contributed by atoms with Crippen LogP contribution in [-0.2, 0) is 25.8 Å². The van der Waals surface area contributed by atoms with Crippen molar-refractivity contribution < 1.29 is 17.9 Å². The summed E-state index contributed by atoms with van der Waals surface area (Å²) in [6, 6.07) is 4.82. The number of carbonyl (C=O) groups is 1. The Labute approximate surface area is 158 Å². The van der Waals surface area contributed by atoms with Crippen LogP contribution in [0.1, 0.15) is 24.8 Å². The first-order valence-electron chi connectivity index (χ1n) is 8.40. The second kappa shape index (κ2) is 7.82. The van der Waals surface area contributed by atoms with Crippen molar-refractivity contribution in [3.8, 4) is 0 Å². The molecule has 2 aliphatic rings. The highest BCUT2D eigenvalue weighted by Gasteiger charge is 2.36. The lowest BCUT2D eigenvalue weighted by Crippen LogP contribution is -2.46. The number of carbonyl (C=O) groups excluding carboxylic acids is 1. The number of ether oxygens (including phenoxy) is 1. The molecule has 138 valence electrons. The number of benzene rings is 1. The van der Waals surface area contributed by atoms with Crippen LogP contribution in [0.15, 0.2) is 18.2 Å². The van der Waals surface area contributed by atoms with Gasteiger partial charge in [-0.2, -0.15) is 0 Å². The van der Waals surface area contributed by atoms with Crippen molar-refractivity contribution in [3.63, 3.8) is 0 Å². The van der Waals surface area contributed by atoms with Gasteiger partial charge in [0.1, 0.15) is 0 Å². The van der Waals surface area contributed by atoms with Gasteiger partial charge in [0, 0.05) is 29.2 Å². The molecule has 0 aliphatic carbocycles. The minimum Gasteiger partial charge on any atom is -0.376 e. The quantitative estimate of drug-likeness (QED) is 0.755. The van der Waals surface area contributed by atoms with Gasteiger partial charge in [-0.25, -0.2) is 8.42 Å². The van der Waals surface area contributed by atoms with Crippen molar-refractivity contribution in [2.24, 2.45) is 0 Å². The van der Waals surface area contributed by atoms with Crippen molar-refractivity contribution in [3.05, 3.63) is 33.8 Å². The summed E-state index contributed by atoms with van der Waals surface area (Å²) in [5.74, 6) is -0.0192. The van der Waals surface area contributed by atoms with Gasteiger partial charge in [-0.3, -0.25) is 4.79 Å². The zero-order chi connectivity index (χ0) is 18.0. The van der Waals surface area contributed by atoms with Crippen LogP contribution in [0.2, 0.25) is 10.0 Å². The Morgan fingerprint density at radius 2 is 1.96 bits per heavy atom. The molecule has 2 fully saturated rings. The molecule has 25 heavy (non-hydrogen) atoms. The molecule has 8 heteroatoms. The summed E-state index contributed by atoms with van der Waals surface area (Å²) in [6.45, 7) is 1.10. The molecule has 5 nitrogen and oxygen atoms in total. The molecule has 0 saturated carbocycles. The molecule has 2 saturated heterocycles. The first-order valence-corrected chi connectivity index (χ1v) is 11.0. The fraction of sp³-hybridized carbons (Fsp3) is 0.588. The largest absolute Gasteiger partial charge is 0.376 e. The summed E-state index contributed by atoms with van der Waals surface area (Å²) >= 11 is 12.4. The highest BCUT2D eigenvalue weighted by Crippen LogP contribution is 2.27. The molecule has 1 amide bonds. The third-order valence-electron chi connectivity index (χ3n) is 4.78. The summed E-state index contributed by atoms with van der Waals surface area (Å²) in [7, 11) is -3.08. The van der Waals surface area contributed by atoms with E-state index in [0.29, 0.717) is 35.2 Å². The lowest BCUT2D eigenvalue weighted by Gasteiger charge is -2.30. The predicted molar refractivity (Wildman–Crippen MR) is 97.9 cm³/mol. The molecular weight excluding hydrogens is 385 g/mol. The maximum absolute atomic E-state index is 13.0. The van der Waals surface area contributed by atoms with Crippen molar-refractivity contribution in [1.82, 2.24) is 4.90 Å². The number of rotatable bonds is 5. The van der Waals surface area contributed by atoms with E-state index in [0.717, 1.165) is 12.8 Å². The summed E-state index contributed by atoms with van der Waals surface area (Å²) in [4.78, 5) is 14.6. The van der Waals surface area contributed by atoms with Crippen LogP contribution in [0, 0.1) is 0 Å². The maximum atomic E-state index is 13.0. The molecule has 0 aromatic heterocycles. The first kappa shape index (κ1) is 19.0. The van der Waals surface area contributed by atoms with Gasteiger partial charge < -0.3 is 9.64 Å². The molecule has 0 bridgehead atoms. The summed E-state index contributed by atoms with van der Waals surface area (Å²) in [5.41, 5.74) is 0.578. The molecule has 0 spiro atoms. The zero-order valence-electron chi connectivity index (χ0n) is 13.8. The standard InChI is InChI=1S/C17H21Cl2NO4S/c18-15-4-1-5-16(19)14(15)9-17(21)20(10-13-3-2-7-24-13)12-6-8-25(22,23)11-12/h1,4-5,12-13H,2-3,6-11H2. The van der Waals surface area contributed by atoms with Gasteiger partial charge in [0.25, 0.3) is 0 Å². The lowest BCUT2D eigenvalue weighted by atomic mass is 10.1. The van der Waals surface area contributed by atoms with Crippen LogP contribution < -0.4 is 0 Å². The SMILES string of the molecule is O=C(Cc1c(Cl)cccc1Cl)N(CC1CCCO1)C1CCS(=O)(=O)C1. The van der Waals surface area contributed by atoms with E-state index in [1.165, 1.54) is 0 Å². The molecule has 2 unspecified atom stereocenters. The topological polar surface area (TPSA) is 63.7 Å². The van der Waals surface area contributed by atoms with E-state index in [1.807, 2.05) is 0 Å². The third-order valence-corrected chi connectivity index (χ3v) is 7.24. The van der Waals surface area contributed by atoms with Gasteiger partial charge in [-0.1, -0.05) is 29.3 Å². The molecule has 3 rings (SSSR count). The molecule has 2 heterocycles. The van der Waals surface area contributed by atoms with Gasteiger partial charge in [-0.05, 0) is 37.0 Å². The number of hydrogen-bond acceptors (Lipinski definition) is 4. The van der Waals surface area contributed by atoms with Gasteiger partial charge in [-0.15, -0.1) is 0 Å². The Morgan fingerprint density at radius 1 is 1.24 bits per heavy atom. The molecule has 2 atom stereocenters. The number of sulfone groups is 1. The highest BCUT2D eigenvalue weighted by molar-refractivity contribution is 7.91. The Morgan fingerprint density at radius 3 is 2.52 bits per heavy atom. The lowest BCUT2D eigenvalue weighted by molar-refractivity contribution is -0.134. The van der Waals surface area contributed by atoms with Crippen molar-refractivity contribution in [2.75, 3.05) is 24.7 Å². The predicted octanol–water partition coefficient (Wildman–Crippen LogP) is 2.73. The monoisotopic (exact) mass is 405 g/mol. The Bertz CT molecular complexity index is 727. The van der Waals surface area contributed by atoms with E-state index < -0.39 is 9.84 Å². The Hall–Kier alpha value is -0.820. The number of halogens is 2. The van der Waals surface area contributed by atoms with E-state index in [-0.39, 0.29) is 36.0 Å². The van der Waals surface area contributed by atoms with Crippen molar-refractivity contribution >= 4 is 38.9 Å². The van der Waals surface area contributed by atoms with Crippen LogP contribution in [0.25, 0.3) is 0 Å². The van der Waals surface area contributed by atoms with Crippen LogP contribution in [0.4, 0.5) is 0 Å².